The predicted molar refractivity (Wildman–Crippen MR) is 128 cm³/mol. The maximum atomic E-state index is 13.1. The lowest BCUT2D eigenvalue weighted by atomic mass is 10.1. The van der Waals surface area contributed by atoms with Crippen LogP contribution in [0, 0.1) is 0 Å². The van der Waals surface area contributed by atoms with E-state index in [0.717, 1.165) is 61.1 Å². The van der Waals surface area contributed by atoms with Crippen LogP contribution in [0.25, 0.3) is 0 Å². The fourth-order valence-corrected chi connectivity index (χ4v) is 4.87. The van der Waals surface area contributed by atoms with Gasteiger partial charge in [-0.15, -0.1) is 0 Å². The van der Waals surface area contributed by atoms with Crippen molar-refractivity contribution in [3.8, 4) is 11.5 Å². The summed E-state index contributed by atoms with van der Waals surface area (Å²) in [4.78, 5) is 17.1. The zero-order valence-corrected chi connectivity index (χ0v) is 19.4. The molecule has 0 unspecified atom stereocenters. The van der Waals surface area contributed by atoms with Crippen LogP contribution in [-0.2, 0) is 11.2 Å². The highest BCUT2D eigenvalue weighted by Crippen LogP contribution is 2.40. The maximum absolute atomic E-state index is 13.1. The fourth-order valence-electron chi connectivity index (χ4n) is 4.87. The van der Waals surface area contributed by atoms with Crippen molar-refractivity contribution in [3.05, 3.63) is 53.6 Å². The van der Waals surface area contributed by atoms with Crippen LogP contribution >= 0.6 is 0 Å². The average Bonchev–Trinajstić information content (AvgIpc) is 3.51. The summed E-state index contributed by atoms with van der Waals surface area (Å²) in [5, 5.41) is 9.66. The molecule has 1 aliphatic carbocycles. The van der Waals surface area contributed by atoms with Crippen molar-refractivity contribution in [1.29, 1.82) is 0 Å². The summed E-state index contributed by atoms with van der Waals surface area (Å²) < 4.78 is 12.1. The molecule has 1 saturated carbocycles. The van der Waals surface area contributed by atoms with Gasteiger partial charge in [0.15, 0.2) is 6.10 Å². The Morgan fingerprint density at radius 2 is 1.85 bits per heavy atom. The molecule has 2 aromatic carbocycles. The number of nitrogens with zero attached hydrogens (tertiary/aromatic N) is 2. The molecule has 5 rings (SSSR count). The summed E-state index contributed by atoms with van der Waals surface area (Å²) in [6.45, 7) is 5.82. The first-order valence-corrected chi connectivity index (χ1v) is 12.3. The molecule has 0 bridgehead atoms. The first-order valence-electron chi connectivity index (χ1n) is 12.3. The van der Waals surface area contributed by atoms with E-state index in [-0.39, 0.29) is 12.0 Å². The first kappa shape index (κ1) is 22.2. The van der Waals surface area contributed by atoms with Gasteiger partial charge in [0.1, 0.15) is 18.1 Å². The lowest BCUT2D eigenvalue weighted by molar-refractivity contribution is -0.122. The van der Waals surface area contributed by atoms with E-state index in [0.29, 0.717) is 19.6 Å². The maximum Gasteiger partial charge on any atom is 0.268 e. The van der Waals surface area contributed by atoms with Gasteiger partial charge in [0, 0.05) is 38.3 Å². The molecular weight excluding hydrogens is 416 g/mol. The summed E-state index contributed by atoms with van der Waals surface area (Å²) in [6, 6.07) is 14.3. The van der Waals surface area contributed by atoms with Gasteiger partial charge in [-0.25, -0.2) is 0 Å². The minimum absolute atomic E-state index is 0.0181. The number of rotatable bonds is 9. The summed E-state index contributed by atoms with van der Waals surface area (Å²) in [6.07, 6.45) is 4.28. The summed E-state index contributed by atoms with van der Waals surface area (Å²) >= 11 is 0. The zero-order valence-electron chi connectivity index (χ0n) is 19.4. The van der Waals surface area contributed by atoms with Gasteiger partial charge in [0.25, 0.3) is 5.91 Å². The van der Waals surface area contributed by atoms with Crippen molar-refractivity contribution in [2.75, 3.05) is 37.7 Å². The van der Waals surface area contributed by atoms with E-state index in [1.165, 1.54) is 18.4 Å². The van der Waals surface area contributed by atoms with Gasteiger partial charge < -0.3 is 19.5 Å². The number of hydrogen-bond acceptors (Lipinski definition) is 5. The lowest BCUT2D eigenvalue weighted by Crippen LogP contribution is -2.32. The molecular formula is C27H34N2O4. The molecule has 1 amide bonds. The van der Waals surface area contributed by atoms with Crippen LogP contribution in [0.3, 0.4) is 0 Å². The van der Waals surface area contributed by atoms with E-state index < -0.39 is 6.10 Å². The van der Waals surface area contributed by atoms with Crippen LogP contribution in [0.4, 0.5) is 5.69 Å². The van der Waals surface area contributed by atoms with Crippen LogP contribution in [0.2, 0.25) is 0 Å². The molecule has 176 valence electrons. The van der Waals surface area contributed by atoms with Crippen LogP contribution in [0.5, 0.6) is 11.5 Å². The Balaban J connectivity index is 1.18. The third-order valence-corrected chi connectivity index (χ3v) is 7.01. The fraction of sp³-hybridized carbons (Fsp3) is 0.519. The van der Waals surface area contributed by atoms with Crippen molar-refractivity contribution in [1.82, 2.24) is 4.90 Å². The van der Waals surface area contributed by atoms with Crippen LogP contribution in [0.1, 0.15) is 49.7 Å². The van der Waals surface area contributed by atoms with Crippen LogP contribution in [-0.4, -0.2) is 60.9 Å². The number of ether oxygens (including phenoxy) is 2. The molecule has 2 atom stereocenters. The summed E-state index contributed by atoms with van der Waals surface area (Å²) in [7, 11) is 0. The van der Waals surface area contributed by atoms with E-state index in [9.17, 15) is 9.90 Å². The first-order chi connectivity index (χ1) is 16.1. The molecule has 2 aliphatic heterocycles. The van der Waals surface area contributed by atoms with Gasteiger partial charge in [-0.1, -0.05) is 19.1 Å². The average molecular weight is 451 g/mol. The standard InChI is InChI=1S/C27H34N2O4/c1-2-19-17-22(7-10-25(19)32-16-15-28-13-11-23(30)18-28)29-14-12-26(27(29)31)33-24-8-5-21(6-9-24)20-3-4-20/h5-10,17,20,23,26,30H,2-4,11-16,18H2,1H3/t23-,26-/m0/s1. The van der Waals surface area contributed by atoms with Gasteiger partial charge in [-0.3, -0.25) is 9.69 Å². The number of aryl methyl sites for hydroxylation is 1. The molecule has 33 heavy (non-hydrogen) atoms. The molecule has 0 radical (unpaired) electrons. The molecule has 6 heteroatoms. The lowest BCUT2D eigenvalue weighted by Gasteiger charge is -2.20. The van der Waals surface area contributed by atoms with Gasteiger partial charge in [0.05, 0.1) is 6.10 Å². The Hall–Kier alpha value is -2.57. The van der Waals surface area contributed by atoms with Crippen molar-refractivity contribution in [2.45, 2.75) is 57.2 Å². The predicted octanol–water partition coefficient (Wildman–Crippen LogP) is 3.76. The van der Waals surface area contributed by atoms with E-state index in [2.05, 4.69) is 30.0 Å². The number of hydrogen-bond donors (Lipinski definition) is 1. The second-order valence-electron chi connectivity index (χ2n) is 9.47. The highest BCUT2D eigenvalue weighted by Gasteiger charge is 2.34. The second-order valence-corrected chi connectivity index (χ2v) is 9.47. The van der Waals surface area contributed by atoms with Crippen molar-refractivity contribution >= 4 is 11.6 Å². The van der Waals surface area contributed by atoms with Gasteiger partial charge in [-0.05, 0) is 73.1 Å². The Morgan fingerprint density at radius 1 is 1.03 bits per heavy atom. The third kappa shape index (κ3) is 5.17. The summed E-state index contributed by atoms with van der Waals surface area (Å²) in [5.41, 5.74) is 3.37. The Kier molecular flexibility index (Phi) is 6.56. The van der Waals surface area contributed by atoms with E-state index in [1.54, 1.807) is 0 Å². The van der Waals surface area contributed by atoms with Crippen molar-refractivity contribution in [2.24, 2.45) is 0 Å². The molecule has 2 aromatic rings. The molecule has 3 aliphatic rings. The number of β-amino-alcohol motifs (C(OH)–C–C–N with tert-alkyl or cyclic N) is 1. The van der Waals surface area contributed by atoms with E-state index >= 15 is 0 Å². The number of aliphatic hydroxyl groups is 1. The Labute approximate surface area is 196 Å². The topological polar surface area (TPSA) is 62.2 Å². The van der Waals surface area contributed by atoms with Gasteiger partial charge in [0.2, 0.25) is 0 Å². The van der Waals surface area contributed by atoms with Crippen molar-refractivity contribution in [3.63, 3.8) is 0 Å². The highest BCUT2D eigenvalue weighted by molar-refractivity contribution is 5.99. The monoisotopic (exact) mass is 450 g/mol. The minimum Gasteiger partial charge on any atom is -0.492 e. The molecule has 6 nitrogen and oxygen atoms in total. The number of aliphatic hydroxyl groups excluding tert-OH is 1. The number of amides is 1. The number of carbonyl (C=O) groups is 1. The molecule has 2 heterocycles. The second kappa shape index (κ2) is 9.74. The third-order valence-electron chi connectivity index (χ3n) is 7.01. The van der Waals surface area contributed by atoms with Gasteiger partial charge >= 0.3 is 0 Å². The number of benzene rings is 2. The molecule has 1 N–H and O–H groups in total. The highest BCUT2D eigenvalue weighted by atomic mass is 16.5. The molecule has 0 aromatic heterocycles. The number of anilines is 1. The number of likely N-dealkylation sites (tertiary alicyclic amines) is 1. The van der Waals surface area contributed by atoms with Gasteiger partial charge in [-0.2, -0.15) is 0 Å². The summed E-state index contributed by atoms with van der Waals surface area (Å²) in [5.74, 6) is 2.37. The van der Waals surface area contributed by atoms with Crippen molar-refractivity contribution < 1.29 is 19.4 Å². The largest absolute Gasteiger partial charge is 0.492 e. The minimum atomic E-state index is -0.436. The van der Waals surface area contributed by atoms with E-state index in [1.807, 2.05) is 29.2 Å². The van der Waals surface area contributed by atoms with Crippen LogP contribution in [0.15, 0.2) is 42.5 Å². The Morgan fingerprint density at radius 3 is 2.55 bits per heavy atom. The van der Waals surface area contributed by atoms with E-state index in [4.69, 9.17) is 9.47 Å². The van der Waals surface area contributed by atoms with Crippen LogP contribution < -0.4 is 14.4 Å². The molecule has 0 spiro atoms. The normalized spacial score (nSPS) is 23.3. The number of carbonyl (C=O) groups excluding carboxylic acids is 1. The smallest absolute Gasteiger partial charge is 0.268 e. The molecule has 3 fully saturated rings. The zero-order chi connectivity index (χ0) is 22.8. The molecule has 2 saturated heterocycles. The SMILES string of the molecule is CCc1cc(N2CC[C@H](Oc3ccc(C4CC4)cc3)C2=O)ccc1OCCN1CC[C@H](O)C1. The quantitative estimate of drug-likeness (QED) is 0.630. The Bertz CT molecular complexity index is 973.